The zero-order valence-electron chi connectivity index (χ0n) is 10.7. The maximum Gasteiger partial charge on any atom is 0.225 e. The summed E-state index contributed by atoms with van der Waals surface area (Å²) >= 11 is 0. The van der Waals surface area contributed by atoms with Crippen molar-refractivity contribution >= 4 is 16.6 Å². The highest BCUT2D eigenvalue weighted by atomic mass is 16.5. The van der Waals surface area contributed by atoms with Gasteiger partial charge < -0.3 is 9.15 Å². The Balaban J connectivity index is 2.12. The van der Waals surface area contributed by atoms with Gasteiger partial charge in [-0.2, -0.15) is 9.61 Å². The van der Waals surface area contributed by atoms with Crippen molar-refractivity contribution in [1.29, 1.82) is 5.41 Å². The first-order valence-corrected chi connectivity index (χ1v) is 6.32. The summed E-state index contributed by atoms with van der Waals surface area (Å²) in [6, 6.07) is 9.42. The molecule has 19 heavy (non-hydrogen) atoms. The summed E-state index contributed by atoms with van der Waals surface area (Å²) in [4.78, 5) is 0. The number of hydrogen-bond acceptors (Lipinski definition) is 4. The molecule has 1 aromatic carbocycles. The molecule has 0 aliphatic rings. The van der Waals surface area contributed by atoms with Crippen LogP contribution in [-0.2, 0) is 11.3 Å². The van der Waals surface area contributed by atoms with Gasteiger partial charge in [-0.05, 0) is 18.6 Å². The molecule has 0 atom stereocenters. The normalized spacial score (nSPS) is 11.4. The van der Waals surface area contributed by atoms with Crippen LogP contribution < -0.4 is 5.55 Å². The molecule has 5 heteroatoms. The second-order valence-electron chi connectivity index (χ2n) is 4.39. The van der Waals surface area contributed by atoms with E-state index in [2.05, 4.69) is 12.0 Å². The Hall–Kier alpha value is -2.14. The van der Waals surface area contributed by atoms with Crippen molar-refractivity contribution in [3.63, 3.8) is 0 Å². The maximum atomic E-state index is 7.88. The fourth-order valence-corrected chi connectivity index (χ4v) is 2.06. The van der Waals surface area contributed by atoms with Gasteiger partial charge in [0.05, 0.1) is 23.2 Å². The van der Waals surface area contributed by atoms with Crippen LogP contribution in [0.25, 0.3) is 16.6 Å². The lowest BCUT2D eigenvalue weighted by atomic mass is 10.2. The van der Waals surface area contributed by atoms with Crippen molar-refractivity contribution in [2.45, 2.75) is 20.0 Å². The molecule has 98 valence electrons. The van der Waals surface area contributed by atoms with Crippen LogP contribution in [0.15, 0.2) is 34.7 Å². The Kier molecular flexibility index (Phi) is 3.05. The Morgan fingerprint density at radius 1 is 1.37 bits per heavy atom. The Labute approximate surface area is 109 Å². The van der Waals surface area contributed by atoms with E-state index in [9.17, 15) is 0 Å². The Morgan fingerprint density at radius 2 is 2.21 bits per heavy atom. The maximum absolute atomic E-state index is 7.88. The first kappa shape index (κ1) is 11.9. The van der Waals surface area contributed by atoms with Crippen LogP contribution >= 0.6 is 0 Å². The zero-order valence-corrected chi connectivity index (χ0v) is 10.7. The van der Waals surface area contributed by atoms with Gasteiger partial charge in [0.25, 0.3) is 0 Å². The molecule has 0 amide bonds. The van der Waals surface area contributed by atoms with Crippen LogP contribution in [0.4, 0.5) is 0 Å². The summed E-state index contributed by atoms with van der Waals surface area (Å²) in [5.74, 6) is 0. The van der Waals surface area contributed by atoms with Gasteiger partial charge in [-0.25, -0.2) is 0 Å². The highest BCUT2D eigenvalue weighted by Crippen LogP contribution is 2.14. The molecule has 3 rings (SSSR count). The van der Waals surface area contributed by atoms with Crippen LogP contribution in [0.2, 0.25) is 0 Å². The first-order chi connectivity index (χ1) is 9.29. The van der Waals surface area contributed by atoms with E-state index in [0.717, 1.165) is 29.6 Å². The van der Waals surface area contributed by atoms with Crippen LogP contribution in [0.3, 0.4) is 0 Å². The zero-order chi connectivity index (χ0) is 13.2. The number of nitrogens with one attached hydrogen (secondary N) is 1. The molecule has 5 nitrogen and oxygen atoms in total. The molecular weight excluding hydrogens is 242 g/mol. The third-order valence-electron chi connectivity index (χ3n) is 2.91. The van der Waals surface area contributed by atoms with Gasteiger partial charge >= 0.3 is 0 Å². The van der Waals surface area contributed by atoms with Gasteiger partial charge in [0.2, 0.25) is 11.3 Å². The second-order valence-corrected chi connectivity index (χ2v) is 4.39. The predicted octanol–water partition coefficient (Wildman–Crippen LogP) is 2.49. The van der Waals surface area contributed by atoms with Crippen LogP contribution in [0, 0.1) is 5.41 Å². The van der Waals surface area contributed by atoms with Crippen molar-refractivity contribution < 1.29 is 9.15 Å². The largest absolute Gasteiger partial charge is 0.420 e. The third kappa shape index (κ3) is 2.13. The van der Waals surface area contributed by atoms with E-state index in [1.807, 2.05) is 30.3 Å². The monoisotopic (exact) mass is 257 g/mol. The third-order valence-corrected chi connectivity index (χ3v) is 2.91. The molecule has 0 fully saturated rings. The molecule has 0 saturated heterocycles. The fourth-order valence-electron chi connectivity index (χ4n) is 2.06. The number of nitrogens with zero attached hydrogens (tertiary/aromatic N) is 2. The lowest BCUT2D eigenvalue weighted by Crippen LogP contribution is -2.04. The van der Waals surface area contributed by atoms with Crippen LogP contribution in [-0.4, -0.2) is 16.2 Å². The smallest absolute Gasteiger partial charge is 0.225 e. The van der Waals surface area contributed by atoms with Gasteiger partial charge in [0.1, 0.15) is 0 Å². The predicted molar refractivity (Wildman–Crippen MR) is 70.8 cm³/mol. The van der Waals surface area contributed by atoms with Crippen molar-refractivity contribution in [3.05, 3.63) is 41.6 Å². The number of ether oxygens (including phenoxy) is 1. The number of fused-ring (bicyclic) bond motifs is 3. The molecule has 2 aromatic heterocycles. The van der Waals surface area contributed by atoms with E-state index in [0.29, 0.717) is 12.3 Å². The molecule has 0 aliphatic carbocycles. The molecule has 3 aromatic rings. The second kappa shape index (κ2) is 4.85. The summed E-state index contributed by atoms with van der Waals surface area (Å²) in [6.45, 7) is 3.25. The van der Waals surface area contributed by atoms with E-state index in [-0.39, 0.29) is 5.55 Å². The Morgan fingerprint density at radius 3 is 3.05 bits per heavy atom. The minimum atomic E-state index is 0.157. The summed E-state index contributed by atoms with van der Waals surface area (Å²) in [7, 11) is 0. The molecule has 0 aliphatic heterocycles. The van der Waals surface area contributed by atoms with Gasteiger partial charge in [-0.15, -0.1) is 0 Å². The minimum absolute atomic E-state index is 0.157. The highest BCUT2D eigenvalue weighted by Gasteiger charge is 2.08. The van der Waals surface area contributed by atoms with E-state index < -0.39 is 0 Å². The lowest BCUT2D eigenvalue weighted by molar-refractivity contribution is 0.119. The first-order valence-electron chi connectivity index (χ1n) is 6.32. The van der Waals surface area contributed by atoms with Crippen molar-refractivity contribution in [2.75, 3.05) is 6.61 Å². The molecule has 0 unspecified atom stereocenters. The highest BCUT2D eigenvalue weighted by molar-refractivity contribution is 5.78. The van der Waals surface area contributed by atoms with E-state index in [1.54, 1.807) is 4.52 Å². The Bertz CT molecular complexity index is 773. The summed E-state index contributed by atoms with van der Waals surface area (Å²) in [5.41, 5.74) is 2.41. The van der Waals surface area contributed by atoms with Gasteiger partial charge in [0, 0.05) is 12.7 Å². The number of rotatable bonds is 4. The van der Waals surface area contributed by atoms with Crippen molar-refractivity contribution in [2.24, 2.45) is 0 Å². The topological polar surface area (TPSA) is 63.5 Å². The number of benzene rings is 1. The van der Waals surface area contributed by atoms with Crippen molar-refractivity contribution in [1.82, 2.24) is 9.61 Å². The molecule has 0 radical (unpaired) electrons. The molecule has 0 saturated carbocycles. The fraction of sp³-hybridized carbons (Fsp3) is 0.286. The van der Waals surface area contributed by atoms with E-state index in [1.165, 1.54) is 0 Å². The van der Waals surface area contributed by atoms with Crippen LogP contribution in [0.5, 0.6) is 0 Å². The summed E-state index contributed by atoms with van der Waals surface area (Å²) in [6.07, 6.45) is 0.984. The summed E-state index contributed by atoms with van der Waals surface area (Å²) in [5, 5.41) is 13.1. The number of aromatic nitrogens is 2. The number of para-hydroxylation sites is 1. The lowest BCUT2D eigenvalue weighted by Gasteiger charge is -2.00. The average Bonchev–Trinajstić information content (AvgIpc) is 2.82. The quantitative estimate of drug-likeness (QED) is 0.730. The van der Waals surface area contributed by atoms with Gasteiger partial charge in [-0.1, -0.05) is 19.1 Å². The molecular formula is C14H15N3O2. The van der Waals surface area contributed by atoms with E-state index >= 15 is 0 Å². The summed E-state index contributed by atoms with van der Waals surface area (Å²) < 4.78 is 12.7. The van der Waals surface area contributed by atoms with Crippen molar-refractivity contribution in [3.8, 4) is 0 Å². The molecule has 0 bridgehead atoms. The number of hydrogen-bond donors (Lipinski definition) is 1. The molecule has 2 heterocycles. The van der Waals surface area contributed by atoms with E-state index in [4.69, 9.17) is 14.6 Å². The van der Waals surface area contributed by atoms with Crippen LogP contribution in [0.1, 0.15) is 19.0 Å². The molecule has 0 spiro atoms. The van der Waals surface area contributed by atoms with Gasteiger partial charge in [-0.3, -0.25) is 5.41 Å². The van der Waals surface area contributed by atoms with Gasteiger partial charge in [0.15, 0.2) is 0 Å². The SMILES string of the molecule is CCCOCc1cc2oc(=N)c3ccccc3n2n1. The molecule has 1 N–H and O–H groups in total. The standard InChI is InChI=1S/C14H15N3O2/c1-2-7-18-9-10-8-13-17(16-10)12-6-4-3-5-11(12)14(15)19-13/h3-6,8,15H,2,7,9H2,1H3. The average molecular weight is 257 g/mol. The minimum Gasteiger partial charge on any atom is -0.420 e.